The number of ether oxygens (including phenoxy) is 2. The number of hydrogen-bond donors (Lipinski definition) is 0. The number of carbonyl (C=O) groups is 2. The Hall–Kier alpha value is -2.08. The molecule has 0 aromatic heterocycles. The normalized spacial score (nSPS) is 21.8. The number of rotatable bonds is 5. The van der Waals surface area contributed by atoms with Gasteiger partial charge in [0.05, 0.1) is 6.04 Å². The molecule has 3 aliphatic rings. The third kappa shape index (κ3) is 3.49. The predicted octanol–water partition coefficient (Wildman–Crippen LogP) is 1.61. The van der Waals surface area contributed by atoms with Crippen molar-refractivity contribution in [2.24, 2.45) is 0 Å². The van der Waals surface area contributed by atoms with E-state index in [1.54, 1.807) is 0 Å². The highest BCUT2D eigenvalue weighted by Crippen LogP contribution is 2.32. The summed E-state index contributed by atoms with van der Waals surface area (Å²) >= 11 is 0. The molecule has 4 rings (SSSR count). The Bertz CT molecular complexity index is 653. The van der Waals surface area contributed by atoms with Gasteiger partial charge in [-0.25, -0.2) is 0 Å². The van der Waals surface area contributed by atoms with E-state index in [1.807, 2.05) is 18.2 Å². The van der Waals surface area contributed by atoms with Crippen LogP contribution in [0.25, 0.3) is 0 Å². The average molecular weight is 344 g/mol. The van der Waals surface area contributed by atoms with E-state index in [1.165, 1.54) is 17.7 Å². The molecule has 0 N–H and O–H groups in total. The van der Waals surface area contributed by atoms with Crippen LogP contribution in [0.2, 0.25) is 0 Å². The lowest BCUT2D eigenvalue weighted by Crippen LogP contribution is -2.47. The van der Waals surface area contributed by atoms with Gasteiger partial charge in [0, 0.05) is 19.4 Å². The van der Waals surface area contributed by atoms with Crippen LogP contribution in [0, 0.1) is 0 Å². The summed E-state index contributed by atoms with van der Waals surface area (Å²) in [6.07, 6.45) is 3.73. The number of hydrogen-bond acceptors (Lipinski definition) is 5. The van der Waals surface area contributed by atoms with Crippen molar-refractivity contribution in [3.8, 4) is 11.5 Å². The molecule has 0 radical (unpaired) electrons. The first kappa shape index (κ1) is 16.4. The van der Waals surface area contributed by atoms with Crippen molar-refractivity contribution >= 4 is 11.8 Å². The van der Waals surface area contributed by atoms with Gasteiger partial charge in [0.1, 0.15) is 13.2 Å². The second-order valence-corrected chi connectivity index (χ2v) is 7.00. The number of nitrogens with zero attached hydrogens (tertiary/aromatic N) is 2. The lowest BCUT2D eigenvalue weighted by molar-refractivity contribution is -0.141. The Labute approximate surface area is 147 Å². The van der Waals surface area contributed by atoms with Gasteiger partial charge in [-0.3, -0.25) is 14.5 Å². The second-order valence-electron chi connectivity index (χ2n) is 7.00. The van der Waals surface area contributed by atoms with E-state index in [0.717, 1.165) is 36.7 Å². The number of likely N-dealkylation sites (tertiary alicyclic amines) is 2. The molecule has 2 saturated heterocycles. The lowest BCUT2D eigenvalue weighted by atomic mass is 10.0. The van der Waals surface area contributed by atoms with Gasteiger partial charge in [0.25, 0.3) is 0 Å². The van der Waals surface area contributed by atoms with Crippen molar-refractivity contribution in [3.63, 3.8) is 0 Å². The van der Waals surface area contributed by atoms with E-state index in [-0.39, 0.29) is 17.9 Å². The molecule has 6 nitrogen and oxygen atoms in total. The zero-order valence-electron chi connectivity index (χ0n) is 14.4. The van der Waals surface area contributed by atoms with E-state index in [0.29, 0.717) is 32.5 Å². The lowest BCUT2D eigenvalue weighted by Gasteiger charge is -2.30. The summed E-state index contributed by atoms with van der Waals surface area (Å²) in [4.78, 5) is 28.4. The first-order valence-electron chi connectivity index (χ1n) is 9.16. The summed E-state index contributed by atoms with van der Waals surface area (Å²) in [7, 11) is 0. The highest BCUT2D eigenvalue weighted by Gasteiger charge is 2.36. The van der Waals surface area contributed by atoms with E-state index in [4.69, 9.17) is 9.47 Å². The minimum absolute atomic E-state index is 0.0354. The Morgan fingerprint density at radius 3 is 2.36 bits per heavy atom. The molecule has 0 spiro atoms. The summed E-state index contributed by atoms with van der Waals surface area (Å²) in [5, 5.41) is 0. The van der Waals surface area contributed by atoms with Crippen LogP contribution in [0.1, 0.15) is 31.2 Å². The van der Waals surface area contributed by atoms with E-state index >= 15 is 0 Å². The van der Waals surface area contributed by atoms with Gasteiger partial charge in [0.2, 0.25) is 11.8 Å². The van der Waals surface area contributed by atoms with Crippen LogP contribution in [-0.2, 0) is 16.0 Å². The fraction of sp³-hybridized carbons (Fsp3) is 0.579. The van der Waals surface area contributed by atoms with E-state index < -0.39 is 0 Å². The molecule has 2 amide bonds. The Kier molecular flexibility index (Phi) is 4.61. The van der Waals surface area contributed by atoms with Crippen LogP contribution in [-0.4, -0.2) is 60.5 Å². The van der Waals surface area contributed by atoms with Gasteiger partial charge in [-0.15, -0.1) is 0 Å². The van der Waals surface area contributed by atoms with Crippen LogP contribution in [0.15, 0.2) is 18.2 Å². The van der Waals surface area contributed by atoms with Gasteiger partial charge >= 0.3 is 0 Å². The van der Waals surface area contributed by atoms with Gasteiger partial charge in [0.15, 0.2) is 11.5 Å². The Morgan fingerprint density at radius 2 is 1.64 bits per heavy atom. The fourth-order valence-corrected chi connectivity index (χ4v) is 3.99. The highest BCUT2D eigenvalue weighted by atomic mass is 16.6. The molecule has 1 aromatic rings. The minimum atomic E-state index is -0.108. The molecule has 1 atom stereocenters. The zero-order chi connectivity index (χ0) is 17.2. The molecule has 1 unspecified atom stereocenters. The van der Waals surface area contributed by atoms with Gasteiger partial charge < -0.3 is 14.4 Å². The maximum atomic E-state index is 12.3. The van der Waals surface area contributed by atoms with Gasteiger partial charge in [-0.2, -0.15) is 0 Å². The Balaban J connectivity index is 1.54. The van der Waals surface area contributed by atoms with E-state index in [2.05, 4.69) is 4.90 Å². The largest absolute Gasteiger partial charge is 0.486 e. The smallest absolute Gasteiger partial charge is 0.230 e. The van der Waals surface area contributed by atoms with Crippen molar-refractivity contribution in [1.82, 2.24) is 9.80 Å². The summed E-state index contributed by atoms with van der Waals surface area (Å²) < 4.78 is 11.2. The van der Waals surface area contributed by atoms with Crippen LogP contribution < -0.4 is 9.47 Å². The van der Waals surface area contributed by atoms with Crippen LogP contribution >= 0.6 is 0 Å². The number of carbonyl (C=O) groups excluding carboxylic acids is 2. The summed E-state index contributed by atoms with van der Waals surface area (Å²) in [5.41, 5.74) is 1.07. The molecule has 0 aliphatic carbocycles. The first-order chi connectivity index (χ1) is 12.2. The van der Waals surface area contributed by atoms with E-state index in [9.17, 15) is 9.59 Å². The monoisotopic (exact) mass is 344 g/mol. The molecule has 134 valence electrons. The number of fused-ring (bicyclic) bond motifs is 1. The summed E-state index contributed by atoms with van der Waals surface area (Å²) in [5.74, 6) is 1.45. The molecule has 3 aliphatic heterocycles. The molecule has 0 bridgehead atoms. The zero-order valence-corrected chi connectivity index (χ0v) is 14.4. The van der Waals surface area contributed by atoms with Crippen LogP contribution in [0.4, 0.5) is 0 Å². The molecule has 25 heavy (non-hydrogen) atoms. The first-order valence-corrected chi connectivity index (χ1v) is 9.16. The Morgan fingerprint density at radius 1 is 0.960 bits per heavy atom. The minimum Gasteiger partial charge on any atom is -0.486 e. The third-order valence-electron chi connectivity index (χ3n) is 5.20. The standard InChI is InChI=1S/C19H24N2O4/c22-18-5-6-19(23)21(18)15(13-20-7-1-2-8-20)11-14-3-4-16-17(12-14)25-10-9-24-16/h3-4,12,15H,1-2,5-11,13H2. The molecule has 0 saturated carbocycles. The maximum absolute atomic E-state index is 12.3. The van der Waals surface area contributed by atoms with Crippen LogP contribution in [0.3, 0.4) is 0 Å². The topological polar surface area (TPSA) is 59.1 Å². The number of amides is 2. The fourth-order valence-electron chi connectivity index (χ4n) is 3.99. The van der Waals surface area contributed by atoms with Crippen LogP contribution in [0.5, 0.6) is 11.5 Å². The van der Waals surface area contributed by atoms with Crippen molar-refractivity contribution in [2.75, 3.05) is 32.8 Å². The van der Waals surface area contributed by atoms with Gasteiger partial charge in [-0.05, 0) is 50.0 Å². The summed E-state index contributed by atoms with van der Waals surface area (Å²) in [6, 6.07) is 5.80. The molecule has 1 aromatic carbocycles. The second kappa shape index (κ2) is 7.04. The third-order valence-corrected chi connectivity index (χ3v) is 5.20. The molecular formula is C19H24N2O4. The summed E-state index contributed by atoms with van der Waals surface area (Å²) in [6.45, 7) is 3.98. The van der Waals surface area contributed by atoms with Crippen molar-refractivity contribution in [1.29, 1.82) is 0 Å². The predicted molar refractivity (Wildman–Crippen MR) is 91.7 cm³/mol. The average Bonchev–Trinajstić information content (AvgIpc) is 3.24. The van der Waals surface area contributed by atoms with Crippen molar-refractivity contribution in [2.45, 2.75) is 38.1 Å². The SMILES string of the molecule is O=C1CCC(=O)N1C(Cc1ccc2c(c1)OCCO2)CN1CCCC1. The quantitative estimate of drug-likeness (QED) is 0.760. The number of imide groups is 1. The van der Waals surface area contributed by atoms with Crippen molar-refractivity contribution in [3.05, 3.63) is 23.8 Å². The van der Waals surface area contributed by atoms with Crippen molar-refractivity contribution < 1.29 is 19.1 Å². The molecule has 6 heteroatoms. The van der Waals surface area contributed by atoms with Gasteiger partial charge in [-0.1, -0.05) is 6.07 Å². The highest BCUT2D eigenvalue weighted by molar-refractivity contribution is 6.02. The molecular weight excluding hydrogens is 320 g/mol. The number of benzene rings is 1. The molecule has 3 heterocycles. The maximum Gasteiger partial charge on any atom is 0.230 e. The molecule has 2 fully saturated rings.